The third kappa shape index (κ3) is 5.40. The molecule has 0 aliphatic rings. The first kappa shape index (κ1) is 13.9. The maximum absolute atomic E-state index is 11.6. The van der Waals surface area contributed by atoms with Crippen molar-refractivity contribution in [2.75, 3.05) is 0 Å². The highest BCUT2D eigenvalue weighted by Crippen LogP contribution is 2.22. The topological polar surface area (TPSA) is 63.6 Å². The predicted molar refractivity (Wildman–Crippen MR) is 56.5 cm³/mol. The number of aliphatic carboxylic acids is 1. The van der Waals surface area contributed by atoms with Crippen LogP contribution in [0.3, 0.4) is 0 Å². The Morgan fingerprint density at radius 3 is 2.33 bits per heavy atom. The van der Waals surface area contributed by atoms with E-state index in [4.69, 9.17) is 9.84 Å². The van der Waals surface area contributed by atoms with Gasteiger partial charge in [-0.2, -0.15) is 0 Å². The lowest BCUT2D eigenvalue weighted by molar-refractivity contribution is -0.160. The smallest absolute Gasteiger partial charge is 0.311 e. The fraction of sp³-hybridized carbons (Fsp3) is 0.818. The molecule has 0 amide bonds. The van der Waals surface area contributed by atoms with E-state index in [-0.39, 0.29) is 18.5 Å². The molecule has 0 rings (SSSR count). The average Bonchev–Trinajstić information content (AvgIpc) is 2.14. The summed E-state index contributed by atoms with van der Waals surface area (Å²) in [5.74, 6) is -1.13. The summed E-state index contributed by atoms with van der Waals surface area (Å²) in [6.45, 7) is 7.27. The van der Waals surface area contributed by atoms with Gasteiger partial charge in [0, 0.05) is 6.42 Å². The number of carboxylic acid groups (broad SMARTS) is 1. The van der Waals surface area contributed by atoms with E-state index >= 15 is 0 Å². The van der Waals surface area contributed by atoms with Gasteiger partial charge in [0.15, 0.2) is 0 Å². The normalized spacial score (nSPS) is 13.3. The van der Waals surface area contributed by atoms with E-state index in [9.17, 15) is 9.59 Å². The van der Waals surface area contributed by atoms with Crippen LogP contribution in [0.1, 0.15) is 47.0 Å². The van der Waals surface area contributed by atoms with Crippen molar-refractivity contribution in [2.24, 2.45) is 5.41 Å². The van der Waals surface area contributed by atoms with Gasteiger partial charge in [-0.1, -0.05) is 6.92 Å². The number of rotatable bonds is 6. The molecular weight excluding hydrogens is 196 g/mol. The van der Waals surface area contributed by atoms with Gasteiger partial charge in [0.05, 0.1) is 11.5 Å². The minimum atomic E-state index is -0.868. The van der Waals surface area contributed by atoms with Crippen LogP contribution in [0.5, 0.6) is 0 Å². The number of hydrogen-bond acceptors (Lipinski definition) is 3. The van der Waals surface area contributed by atoms with Crippen LogP contribution in [0.4, 0.5) is 0 Å². The second-order valence-electron chi connectivity index (χ2n) is 4.39. The van der Waals surface area contributed by atoms with Crippen molar-refractivity contribution in [3.05, 3.63) is 0 Å². The number of carbonyl (C=O) groups excluding carboxylic acids is 1. The molecule has 1 N–H and O–H groups in total. The second-order valence-corrected chi connectivity index (χ2v) is 4.39. The molecule has 4 nitrogen and oxygen atoms in total. The monoisotopic (exact) mass is 216 g/mol. The molecule has 0 fully saturated rings. The molecule has 0 aromatic carbocycles. The fourth-order valence-electron chi connectivity index (χ4n) is 0.872. The van der Waals surface area contributed by atoms with Gasteiger partial charge < -0.3 is 9.84 Å². The van der Waals surface area contributed by atoms with Crippen molar-refractivity contribution in [3.63, 3.8) is 0 Å². The molecule has 88 valence electrons. The predicted octanol–water partition coefficient (Wildman–Crippen LogP) is 2.22. The van der Waals surface area contributed by atoms with Crippen molar-refractivity contribution in [1.29, 1.82) is 0 Å². The van der Waals surface area contributed by atoms with Gasteiger partial charge in [-0.25, -0.2) is 0 Å². The number of ether oxygens (including phenoxy) is 1. The summed E-state index contributed by atoms with van der Waals surface area (Å²) >= 11 is 0. The summed E-state index contributed by atoms with van der Waals surface area (Å²) in [7, 11) is 0. The van der Waals surface area contributed by atoms with E-state index in [1.807, 2.05) is 20.8 Å². The Hall–Kier alpha value is -1.06. The van der Waals surface area contributed by atoms with Crippen LogP contribution in [0.25, 0.3) is 0 Å². The molecule has 4 heteroatoms. The van der Waals surface area contributed by atoms with Crippen LogP contribution in [0.2, 0.25) is 0 Å². The standard InChI is InChI=1S/C11H20O4/c1-5-11(3,4)10(14)15-8(2)6-7-9(12)13/h8H,5-7H2,1-4H3,(H,12,13). The van der Waals surface area contributed by atoms with Gasteiger partial charge in [-0.3, -0.25) is 9.59 Å². The molecule has 15 heavy (non-hydrogen) atoms. The van der Waals surface area contributed by atoms with Crippen molar-refractivity contribution < 1.29 is 19.4 Å². The van der Waals surface area contributed by atoms with E-state index in [0.29, 0.717) is 12.8 Å². The Morgan fingerprint density at radius 2 is 1.93 bits per heavy atom. The highest BCUT2D eigenvalue weighted by molar-refractivity contribution is 5.76. The SMILES string of the molecule is CCC(C)(C)C(=O)OC(C)CCC(=O)O. The van der Waals surface area contributed by atoms with Gasteiger partial charge >= 0.3 is 11.9 Å². The molecule has 0 aromatic heterocycles. The zero-order chi connectivity index (χ0) is 12.1. The minimum absolute atomic E-state index is 0.0288. The number of carboxylic acids is 1. The van der Waals surface area contributed by atoms with Crippen LogP contribution in [-0.2, 0) is 14.3 Å². The van der Waals surface area contributed by atoms with E-state index in [0.717, 1.165) is 0 Å². The summed E-state index contributed by atoms with van der Waals surface area (Å²) in [6.07, 6.45) is 0.763. The lowest BCUT2D eigenvalue weighted by Crippen LogP contribution is -2.29. The number of hydrogen-bond donors (Lipinski definition) is 1. The van der Waals surface area contributed by atoms with Crippen molar-refractivity contribution in [1.82, 2.24) is 0 Å². The first-order valence-electron chi connectivity index (χ1n) is 5.22. The van der Waals surface area contributed by atoms with Gasteiger partial charge in [0.1, 0.15) is 0 Å². The fourth-order valence-corrected chi connectivity index (χ4v) is 0.872. The van der Waals surface area contributed by atoms with Crippen LogP contribution in [-0.4, -0.2) is 23.1 Å². The zero-order valence-electron chi connectivity index (χ0n) is 9.87. The Kier molecular flexibility index (Phi) is 5.33. The third-order valence-electron chi connectivity index (χ3n) is 2.51. The highest BCUT2D eigenvalue weighted by Gasteiger charge is 2.28. The van der Waals surface area contributed by atoms with Crippen LogP contribution in [0, 0.1) is 5.41 Å². The lowest BCUT2D eigenvalue weighted by atomic mass is 9.90. The Balaban J connectivity index is 4.01. The van der Waals surface area contributed by atoms with Crippen LogP contribution < -0.4 is 0 Å². The van der Waals surface area contributed by atoms with Crippen LogP contribution in [0.15, 0.2) is 0 Å². The van der Waals surface area contributed by atoms with Crippen molar-refractivity contribution in [3.8, 4) is 0 Å². The molecule has 0 heterocycles. The van der Waals surface area contributed by atoms with Crippen molar-refractivity contribution in [2.45, 2.75) is 53.1 Å². The molecule has 0 spiro atoms. The first-order chi connectivity index (χ1) is 6.79. The van der Waals surface area contributed by atoms with E-state index in [2.05, 4.69) is 0 Å². The third-order valence-corrected chi connectivity index (χ3v) is 2.51. The molecule has 0 radical (unpaired) electrons. The molecule has 1 unspecified atom stereocenters. The van der Waals surface area contributed by atoms with E-state index < -0.39 is 11.4 Å². The maximum atomic E-state index is 11.6. The van der Waals surface area contributed by atoms with Crippen molar-refractivity contribution >= 4 is 11.9 Å². The molecule has 0 saturated carbocycles. The Morgan fingerprint density at radius 1 is 1.40 bits per heavy atom. The lowest BCUT2D eigenvalue weighted by Gasteiger charge is -2.23. The van der Waals surface area contributed by atoms with E-state index in [1.54, 1.807) is 6.92 Å². The van der Waals surface area contributed by atoms with Gasteiger partial charge in [-0.05, 0) is 33.6 Å². The summed E-state index contributed by atoms with van der Waals surface area (Å²) in [4.78, 5) is 21.9. The average molecular weight is 216 g/mol. The highest BCUT2D eigenvalue weighted by atomic mass is 16.5. The molecular formula is C11H20O4. The van der Waals surface area contributed by atoms with E-state index in [1.165, 1.54) is 0 Å². The molecule has 0 bridgehead atoms. The summed E-state index contributed by atoms with van der Waals surface area (Å²) < 4.78 is 5.15. The van der Waals surface area contributed by atoms with Gasteiger partial charge in [0.25, 0.3) is 0 Å². The largest absolute Gasteiger partial charge is 0.481 e. The first-order valence-corrected chi connectivity index (χ1v) is 5.22. The zero-order valence-corrected chi connectivity index (χ0v) is 9.87. The summed E-state index contributed by atoms with van der Waals surface area (Å²) in [5.41, 5.74) is -0.489. The quantitative estimate of drug-likeness (QED) is 0.691. The molecule has 1 atom stereocenters. The molecule has 0 aliphatic heterocycles. The number of esters is 1. The van der Waals surface area contributed by atoms with Gasteiger partial charge in [0.2, 0.25) is 0 Å². The van der Waals surface area contributed by atoms with Gasteiger partial charge in [-0.15, -0.1) is 0 Å². The number of carbonyl (C=O) groups is 2. The molecule has 0 aliphatic carbocycles. The molecule has 0 saturated heterocycles. The summed E-state index contributed by atoms with van der Waals surface area (Å²) in [5, 5.41) is 8.46. The molecule has 0 aromatic rings. The Bertz CT molecular complexity index is 233. The minimum Gasteiger partial charge on any atom is -0.481 e. The maximum Gasteiger partial charge on any atom is 0.311 e. The van der Waals surface area contributed by atoms with Crippen LogP contribution >= 0.6 is 0 Å². The Labute approximate surface area is 90.6 Å². The summed E-state index contributed by atoms with van der Waals surface area (Å²) in [6, 6.07) is 0. The second kappa shape index (κ2) is 5.73.